The molecule has 0 saturated heterocycles. The number of nitrogens with two attached hydrogens (primary N) is 1. The molecule has 1 amide bonds. The van der Waals surface area contributed by atoms with Gasteiger partial charge in [0.15, 0.2) is 17.4 Å². The van der Waals surface area contributed by atoms with Gasteiger partial charge in [-0.15, -0.1) is 5.10 Å². The van der Waals surface area contributed by atoms with Crippen molar-refractivity contribution >= 4 is 17.5 Å². The molecular weight excluding hydrogens is 623 g/mol. The van der Waals surface area contributed by atoms with E-state index in [1.807, 2.05) is 0 Å². The normalized spacial score (nSPS) is 12.4. The Morgan fingerprint density at radius 1 is 1.00 bits per heavy atom. The van der Waals surface area contributed by atoms with E-state index in [0.717, 1.165) is 4.68 Å². The van der Waals surface area contributed by atoms with Crippen molar-refractivity contribution in [3.05, 3.63) is 119 Å². The number of aromatic nitrogens is 7. The third-order valence-electron chi connectivity index (χ3n) is 6.86. The van der Waals surface area contributed by atoms with Crippen molar-refractivity contribution < 1.29 is 31.2 Å². The van der Waals surface area contributed by atoms with Crippen LogP contribution >= 0.6 is 11.6 Å². The lowest BCUT2D eigenvalue weighted by Gasteiger charge is -2.17. The second-order valence-electron chi connectivity index (χ2n) is 9.69. The van der Waals surface area contributed by atoms with Gasteiger partial charge in [0.25, 0.3) is 5.91 Å². The lowest BCUT2D eigenvalue weighted by Crippen LogP contribution is -2.16. The van der Waals surface area contributed by atoms with Crippen LogP contribution in [0.5, 0.6) is 0 Å². The summed E-state index contributed by atoms with van der Waals surface area (Å²) in [4.78, 5) is 20.1. The van der Waals surface area contributed by atoms with Crippen LogP contribution in [0.4, 0.5) is 22.0 Å². The number of oxazole rings is 1. The van der Waals surface area contributed by atoms with Crippen LogP contribution in [0.2, 0.25) is 5.02 Å². The van der Waals surface area contributed by atoms with E-state index in [-0.39, 0.29) is 33.8 Å². The number of amides is 1. The molecule has 2 N–H and O–H groups in total. The molecule has 2 aromatic carbocycles. The average Bonchev–Trinajstić information content (AvgIpc) is 3.80. The number of benzene rings is 2. The Bertz CT molecular complexity index is 2010. The number of rotatable bonds is 8. The van der Waals surface area contributed by atoms with Gasteiger partial charge in [-0.1, -0.05) is 28.9 Å². The molecular formula is C29H18ClF5N8O2. The van der Waals surface area contributed by atoms with Crippen molar-refractivity contribution in [2.24, 2.45) is 5.73 Å². The van der Waals surface area contributed by atoms with Crippen LogP contribution in [0.1, 0.15) is 33.7 Å². The van der Waals surface area contributed by atoms with E-state index in [1.165, 1.54) is 61.3 Å². The molecule has 16 heteroatoms. The number of alkyl halides is 3. The van der Waals surface area contributed by atoms with E-state index in [2.05, 4.69) is 25.4 Å². The zero-order chi connectivity index (χ0) is 31.9. The van der Waals surface area contributed by atoms with Gasteiger partial charge in [-0.3, -0.25) is 14.5 Å². The second kappa shape index (κ2) is 11.6. The monoisotopic (exact) mass is 640 g/mol. The fraction of sp³-hybridized carbons (Fsp3) is 0.103. The summed E-state index contributed by atoms with van der Waals surface area (Å²) in [5, 5.41) is 10.8. The number of hydrogen-bond donors (Lipinski definition) is 1. The van der Waals surface area contributed by atoms with E-state index < -0.39 is 35.5 Å². The number of carbonyl (C=O) groups excluding carboxylic acids is 1. The molecule has 1 atom stereocenters. The molecule has 1 unspecified atom stereocenters. The number of halogens is 6. The highest BCUT2D eigenvalue weighted by Gasteiger charge is 2.35. The van der Waals surface area contributed by atoms with Gasteiger partial charge in [0.2, 0.25) is 0 Å². The summed E-state index contributed by atoms with van der Waals surface area (Å²) in [5.74, 6) is -2.22. The number of hydrogen-bond acceptors (Lipinski definition) is 7. The molecule has 0 aliphatic heterocycles. The molecule has 0 aliphatic rings. The smallest absolute Gasteiger partial charge is 0.436 e. The van der Waals surface area contributed by atoms with Gasteiger partial charge in [-0.2, -0.15) is 18.3 Å². The van der Waals surface area contributed by atoms with Gasteiger partial charge < -0.3 is 10.2 Å². The van der Waals surface area contributed by atoms with E-state index in [1.54, 1.807) is 16.9 Å². The maximum Gasteiger partial charge on any atom is 0.436 e. The van der Waals surface area contributed by atoms with Crippen LogP contribution in [-0.2, 0) is 12.6 Å². The molecule has 6 rings (SSSR count). The van der Waals surface area contributed by atoms with Crippen molar-refractivity contribution in [3.8, 4) is 27.9 Å². The van der Waals surface area contributed by atoms with E-state index >= 15 is 4.39 Å². The lowest BCUT2D eigenvalue weighted by atomic mass is 10.0. The minimum atomic E-state index is -4.75. The van der Waals surface area contributed by atoms with Crippen molar-refractivity contribution in [2.45, 2.75) is 18.6 Å². The van der Waals surface area contributed by atoms with Gasteiger partial charge in [0.05, 0.1) is 47.0 Å². The molecule has 0 aliphatic carbocycles. The molecule has 6 aromatic rings. The number of nitrogens with zero attached hydrogens (tertiary/aromatic N) is 7. The lowest BCUT2D eigenvalue weighted by molar-refractivity contribution is -0.141. The van der Waals surface area contributed by atoms with Crippen LogP contribution in [-0.4, -0.2) is 40.6 Å². The van der Waals surface area contributed by atoms with Crippen LogP contribution in [0, 0.1) is 11.6 Å². The van der Waals surface area contributed by atoms with Gasteiger partial charge in [0, 0.05) is 29.1 Å². The van der Waals surface area contributed by atoms with Gasteiger partial charge >= 0.3 is 6.18 Å². The van der Waals surface area contributed by atoms with E-state index in [4.69, 9.17) is 21.8 Å². The topological polar surface area (TPSA) is 131 Å². The second-order valence-corrected chi connectivity index (χ2v) is 10.1. The molecule has 0 bridgehead atoms. The Labute approximate surface area is 254 Å². The molecule has 45 heavy (non-hydrogen) atoms. The van der Waals surface area contributed by atoms with Crippen molar-refractivity contribution in [3.63, 3.8) is 0 Å². The first-order chi connectivity index (χ1) is 21.5. The molecule has 4 aromatic heterocycles. The number of pyridine rings is 1. The minimum absolute atomic E-state index is 0.0444. The Balaban J connectivity index is 1.37. The first kappa shape index (κ1) is 29.6. The molecule has 0 saturated carbocycles. The highest BCUT2D eigenvalue weighted by molar-refractivity contribution is 6.31. The maximum absolute atomic E-state index is 15.4. The van der Waals surface area contributed by atoms with Crippen molar-refractivity contribution in [1.82, 2.24) is 34.7 Å². The maximum atomic E-state index is 15.4. The Hall–Kier alpha value is -5.44. The predicted octanol–water partition coefficient (Wildman–Crippen LogP) is 6.06. The first-order valence-electron chi connectivity index (χ1n) is 13.0. The molecule has 10 nitrogen and oxygen atoms in total. The van der Waals surface area contributed by atoms with Crippen molar-refractivity contribution in [1.29, 1.82) is 0 Å². The zero-order valence-corrected chi connectivity index (χ0v) is 23.3. The largest absolute Gasteiger partial charge is 0.449 e. The minimum Gasteiger partial charge on any atom is -0.449 e. The summed E-state index contributed by atoms with van der Waals surface area (Å²) in [6.07, 6.45) is 3.42. The zero-order valence-electron chi connectivity index (χ0n) is 22.6. The Morgan fingerprint density at radius 2 is 1.80 bits per heavy atom. The van der Waals surface area contributed by atoms with Gasteiger partial charge in [-0.25, -0.2) is 18.4 Å². The quantitative estimate of drug-likeness (QED) is 0.200. The van der Waals surface area contributed by atoms with Crippen LogP contribution in [0.25, 0.3) is 27.9 Å². The van der Waals surface area contributed by atoms with Gasteiger partial charge in [0.1, 0.15) is 18.1 Å². The fourth-order valence-corrected chi connectivity index (χ4v) is 4.83. The highest BCUT2D eigenvalue weighted by Crippen LogP contribution is 2.35. The standard InChI is InChI=1S/C29H18ClF5N8O2/c30-19-4-6-22(43-14-24(40-41-43)29(33,34)35)26(27(19)32)16-2-5-21(38-11-16)23(10-25-37-7-8-45-25)42-13-17(12-39-42)15-1-3-18(28(36)44)20(31)9-15/h1-9,11-14,23H,10H2,(H2,36,44). The van der Waals surface area contributed by atoms with Gasteiger partial charge in [-0.05, 0) is 35.9 Å². The van der Waals surface area contributed by atoms with Crippen molar-refractivity contribution in [2.75, 3.05) is 0 Å². The molecule has 0 fully saturated rings. The average molecular weight is 641 g/mol. The third kappa shape index (κ3) is 5.89. The number of carbonyl (C=O) groups is 1. The molecule has 0 radical (unpaired) electrons. The summed E-state index contributed by atoms with van der Waals surface area (Å²) >= 11 is 6.03. The summed E-state index contributed by atoms with van der Waals surface area (Å²) in [6, 6.07) is 8.98. The third-order valence-corrected chi connectivity index (χ3v) is 7.15. The van der Waals surface area contributed by atoms with Crippen LogP contribution < -0.4 is 5.73 Å². The summed E-state index contributed by atoms with van der Waals surface area (Å²) in [5.41, 5.74) is 5.10. The molecule has 4 heterocycles. The highest BCUT2D eigenvalue weighted by atomic mass is 35.5. The molecule has 0 spiro atoms. The summed E-state index contributed by atoms with van der Waals surface area (Å²) in [7, 11) is 0. The summed E-state index contributed by atoms with van der Waals surface area (Å²) < 4.78 is 77.1. The van der Waals surface area contributed by atoms with Crippen LogP contribution in [0.15, 0.2) is 84.1 Å². The molecule has 228 valence electrons. The fourth-order valence-electron chi connectivity index (χ4n) is 4.67. The van der Waals surface area contributed by atoms with Crippen LogP contribution in [0.3, 0.4) is 0 Å². The first-order valence-corrected chi connectivity index (χ1v) is 13.3. The predicted molar refractivity (Wildman–Crippen MR) is 149 cm³/mol. The number of primary amides is 1. The summed E-state index contributed by atoms with van der Waals surface area (Å²) in [6.45, 7) is 0. The Kier molecular flexibility index (Phi) is 7.62. The SMILES string of the molecule is NC(=O)c1ccc(-c2cnn(C(Cc3ncco3)c3ccc(-c4c(-n5cc(C(F)(F)F)nn5)ccc(Cl)c4F)cn3)c2)cc1F. The Morgan fingerprint density at radius 3 is 2.44 bits per heavy atom. The van der Waals surface area contributed by atoms with E-state index in [9.17, 15) is 22.4 Å². The van der Waals surface area contributed by atoms with E-state index in [0.29, 0.717) is 28.9 Å².